The summed E-state index contributed by atoms with van der Waals surface area (Å²) in [6, 6.07) is 10.1. The Balaban J connectivity index is 1.67. The summed E-state index contributed by atoms with van der Waals surface area (Å²) in [7, 11) is -3.73. The molecule has 0 radical (unpaired) electrons. The van der Waals surface area contributed by atoms with Crippen LogP contribution in [0.15, 0.2) is 53.4 Å². The number of nitrogens with one attached hydrogen (secondary N) is 1. The van der Waals surface area contributed by atoms with Crippen molar-refractivity contribution in [2.45, 2.75) is 37.3 Å². The number of halogens is 3. The zero-order valence-electron chi connectivity index (χ0n) is 16.7. The molecule has 168 valence electrons. The van der Waals surface area contributed by atoms with Crippen molar-refractivity contribution in [2.24, 2.45) is 0 Å². The van der Waals surface area contributed by atoms with Crippen molar-refractivity contribution in [3.05, 3.63) is 54.1 Å². The molecule has 1 N–H and O–H groups in total. The highest BCUT2D eigenvalue weighted by Gasteiger charge is 2.32. The van der Waals surface area contributed by atoms with Crippen molar-refractivity contribution in [1.82, 2.24) is 4.31 Å². The number of morpholine rings is 1. The second-order valence-corrected chi connectivity index (χ2v) is 9.07. The van der Waals surface area contributed by atoms with E-state index in [0.717, 1.165) is 12.1 Å². The number of ether oxygens (including phenoxy) is 2. The van der Waals surface area contributed by atoms with E-state index in [9.17, 15) is 26.4 Å². The average Bonchev–Trinajstić information content (AvgIpc) is 2.67. The maximum atomic E-state index is 12.9. The predicted octanol–water partition coefficient (Wildman–Crippen LogP) is 3.64. The molecule has 2 atom stereocenters. The molecular formula is C20H21F3N2O5S. The first-order valence-electron chi connectivity index (χ1n) is 9.37. The summed E-state index contributed by atoms with van der Waals surface area (Å²) in [4.78, 5) is 12.4. The van der Waals surface area contributed by atoms with Gasteiger partial charge >= 0.3 is 6.36 Å². The van der Waals surface area contributed by atoms with Gasteiger partial charge in [-0.2, -0.15) is 4.31 Å². The molecule has 0 aromatic heterocycles. The van der Waals surface area contributed by atoms with Crippen molar-refractivity contribution in [1.29, 1.82) is 0 Å². The summed E-state index contributed by atoms with van der Waals surface area (Å²) < 4.78 is 73.0. The van der Waals surface area contributed by atoms with Crippen LogP contribution < -0.4 is 10.1 Å². The van der Waals surface area contributed by atoms with Crippen molar-refractivity contribution in [3.63, 3.8) is 0 Å². The van der Waals surface area contributed by atoms with E-state index in [2.05, 4.69) is 10.1 Å². The van der Waals surface area contributed by atoms with E-state index < -0.39 is 28.0 Å². The quantitative estimate of drug-likeness (QED) is 0.740. The number of hydrogen-bond acceptors (Lipinski definition) is 5. The van der Waals surface area contributed by atoms with E-state index in [1.165, 1.54) is 40.7 Å². The first-order chi connectivity index (χ1) is 14.4. The number of benzene rings is 2. The number of carbonyl (C=O) groups excluding carboxylic acids is 1. The summed E-state index contributed by atoms with van der Waals surface area (Å²) in [6.45, 7) is 4.08. The minimum Gasteiger partial charge on any atom is -0.406 e. The molecule has 1 saturated heterocycles. The van der Waals surface area contributed by atoms with Gasteiger partial charge in [-0.05, 0) is 62.4 Å². The normalized spacial score (nSPS) is 20.3. The van der Waals surface area contributed by atoms with Gasteiger partial charge in [-0.25, -0.2) is 8.42 Å². The van der Waals surface area contributed by atoms with E-state index in [4.69, 9.17) is 4.74 Å². The zero-order valence-corrected chi connectivity index (χ0v) is 17.5. The Bertz CT molecular complexity index is 1010. The molecule has 3 rings (SSSR count). The van der Waals surface area contributed by atoms with Crippen molar-refractivity contribution >= 4 is 21.6 Å². The minimum absolute atomic E-state index is 0.0546. The van der Waals surface area contributed by atoms with Crippen LogP contribution in [-0.4, -0.2) is 50.3 Å². The summed E-state index contributed by atoms with van der Waals surface area (Å²) in [5, 5.41) is 2.53. The molecule has 1 fully saturated rings. The standard InChI is InChI=1S/C20H21F3N2O5S/c1-13-11-25(12-14(2)29-13)31(27,28)18-9-3-15(4-10-18)19(26)24-16-5-7-17(8-6-16)30-20(21,22)23/h3-10,13-14H,11-12H2,1-2H3,(H,24,26). The third-order valence-corrected chi connectivity index (χ3v) is 6.33. The van der Waals surface area contributed by atoms with Crippen LogP contribution in [0.2, 0.25) is 0 Å². The lowest BCUT2D eigenvalue weighted by atomic mass is 10.2. The molecule has 0 bridgehead atoms. The molecule has 1 aliphatic heterocycles. The Morgan fingerprint density at radius 1 is 1.03 bits per heavy atom. The Morgan fingerprint density at radius 3 is 2.10 bits per heavy atom. The molecule has 11 heteroatoms. The number of sulfonamides is 1. The van der Waals surface area contributed by atoms with Gasteiger partial charge in [0, 0.05) is 24.3 Å². The van der Waals surface area contributed by atoms with E-state index in [1.54, 1.807) is 13.8 Å². The monoisotopic (exact) mass is 458 g/mol. The molecule has 31 heavy (non-hydrogen) atoms. The van der Waals surface area contributed by atoms with Crippen LogP contribution in [0.4, 0.5) is 18.9 Å². The van der Waals surface area contributed by atoms with E-state index in [-0.39, 0.29) is 41.4 Å². The fraction of sp³-hybridized carbons (Fsp3) is 0.350. The molecule has 2 aromatic carbocycles. The van der Waals surface area contributed by atoms with E-state index in [1.807, 2.05) is 0 Å². The largest absolute Gasteiger partial charge is 0.573 e. The Hall–Kier alpha value is -2.63. The van der Waals surface area contributed by atoms with Gasteiger partial charge < -0.3 is 14.8 Å². The van der Waals surface area contributed by atoms with Gasteiger partial charge in [-0.1, -0.05) is 0 Å². The second kappa shape index (κ2) is 8.85. The zero-order chi connectivity index (χ0) is 22.8. The number of rotatable bonds is 5. The molecule has 2 aromatic rings. The second-order valence-electron chi connectivity index (χ2n) is 7.13. The summed E-state index contributed by atoms with van der Waals surface area (Å²) in [5.74, 6) is -0.950. The molecule has 1 heterocycles. The Labute approximate surface area is 177 Å². The van der Waals surface area contributed by atoms with Gasteiger partial charge in [-0.3, -0.25) is 4.79 Å². The summed E-state index contributed by atoms with van der Waals surface area (Å²) >= 11 is 0. The maximum absolute atomic E-state index is 12.9. The van der Waals surface area contributed by atoms with Crippen LogP contribution in [0.25, 0.3) is 0 Å². The molecule has 0 spiro atoms. The van der Waals surface area contributed by atoms with Crippen LogP contribution in [0, 0.1) is 0 Å². The predicted molar refractivity (Wildman–Crippen MR) is 106 cm³/mol. The first kappa shape index (κ1) is 23.0. The SMILES string of the molecule is CC1CN(S(=O)(=O)c2ccc(C(=O)Nc3ccc(OC(F)(F)F)cc3)cc2)CC(C)O1. The van der Waals surface area contributed by atoms with Crippen molar-refractivity contribution in [3.8, 4) is 5.75 Å². The average molecular weight is 458 g/mol. The van der Waals surface area contributed by atoms with E-state index in [0.29, 0.717) is 0 Å². The number of carbonyl (C=O) groups is 1. The van der Waals surface area contributed by atoms with Crippen LogP contribution in [0.3, 0.4) is 0 Å². The maximum Gasteiger partial charge on any atom is 0.573 e. The lowest BCUT2D eigenvalue weighted by Crippen LogP contribution is -2.48. The lowest BCUT2D eigenvalue weighted by molar-refractivity contribution is -0.274. The number of nitrogens with zero attached hydrogens (tertiary/aromatic N) is 1. The number of hydrogen-bond donors (Lipinski definition) is 1. The van der Waals surface area contributed by atoms with Crippen LogP contribution in [-0.2, 0) is 14.8 Å². The van der Waals surface area contributed by atoms with Gasteiger partial charge in [0.15, 0.2) is 0 Å². The Kier molecular flexibility index (Phi) is 6.58. The number of amides is 1. The highest BCUT2D eigenvalue weighted by molar-refractivity contribution is 7.89. The molecule has 1 amide bonds. The topological polar surface area (TPSA) is 84.9 Å². The van der Waals surface area contributed by atoms with Gasteiger partial charge in [0.25, 0.3) is 5.91 Å². The highest BCUT2D eigenvalue weighted by Crippen LogP contribution is 2.25. The van der Waals surface area contributed by atoms with Crippen molar-refractivity contribution in [2.75, 3.05) is 18.4 Å². The Morgan fingerprint density at radius 2 is 1.58 bits per heavy atom. The van der Waals surface area contributed by atoms with Crippen LogP contribution in [0.5, 0.6) is 5.75 Å². The van der Waals surface area contributed by atoms with Crippen molar-refractivity contribution < 1.29 is 35.9 Å². The third-order valence-electron chi connectivity index (χ3n) is 4.49. The molecular weight excluding hydrogens is 437 g/mol. The summed E-state index contributed by atoms with van der Waals surface area (Å²) in [6.07, 6.45) is -5.25. The summed E-state index contributed by atoms with van der Waals surface area (Å²) in [5.41, 5.74) is 0.450. The fourth-order valence-corrected chi connectivity index (χ4v) is 4.79. The van der Waals surface area contributed by atoms with Gasteiger partial charge in [0.2, 0.25) is 10.0 Å². The van der Waals surface area contributed by atoms with Crippen LogP contribution in [0.1, 0.15) is 24.2 Å². The van der Waals surface area contributed by atoms with Crippen LogP contribution >= 0.6 is 0 Å². The highest BCUT2D eigenvalue weighted by atomic mass is 32.2. The minimum atomic E-state index is -4.80. The molecule has 0 aliphatic carbocycles. The van der Waals surface area contributed by atoms with Gasteiger partial charge in [0.1, 0.15) is 5.75 Å². The molecule has 2 unspecified atom stereocenters. The van der Waals surface area contributed by atoms with Gasteiger partial charge in [0.05, 0.1) is 17.1 Å². The number of alkyl halides is 3. The number of anilines is 1. The van der Waals surface area contributed by atoms with Gasteiger partial charge in [-0.15, -0.1) is 13.2 Å². The van der Waals surface area contributed by atoms with E-state index >= 15 is 0 Å². The third kappa shape index (κ3) is 5.96. The molecule has 0 saturated carbocycles. The molecule has 7 nitrogen and oxygen atoms in total. The molecule has 1 aliphatic rings. The smallest absolute Gasteiger partial charge is 0.406 e. The lowest BCUT2D eigenvalue weighted by Gasteiger charge is -2.34. The first-order valence-corrected chi connectivity index (χ1v) is 10.8. The fourth-order valence-electron chi connectivity index (χ4n) is 3.20.